The lowest BCUT2D eigenvalue weighted by Crippen LogP contribution is -2.29. The number of nitrogens with two attached hydrogens (primary N) is 1. The molecule has 106 valence electrons. The van der Waals surface area contributed by atoms with Crippen LogP contribution in [0.2, 0.25) is 0 Å². The highest BCUT2D eigenvalue weighted by Crippen LogP contribution is 2.28. The molecule has 5 heteroatoms. The molecule has 0 amide bonds. The third kappa shape index (κ3) is 2.68. The third-order valence-electron chi connectivity index (χ3n) is 4.13. The molecule has 0 aromatic heterocycles. The van der Waals surface area contributed by atoms with Gasteiger partial charge < -0.3 is 5.73 Å². The number of rotatable bonds is 3. The first-order valence-corrected chi connectivity index (χ1v) is 8.10. The van der Waals surface area contributed by atoms with Crippen LogP contribution >= 0.6 is 0 Å². The molecule has 4 nitrogen and oxygen atoms in total. The highest BCUT2D eigenvalue weighted by Gasteiger charge is 2.34. The minimum Gasteiger partial charge on any atom is -0.326 e. The van der Waals surface area contributed by atoms with Crippen molar-refractivity contribution >= 4 is 10.0 Å². The van der Waals surface area contributed by atoms with E-state index in [2.05, 4.69) is 13.8 Å². The zero-order valence-corrected chi connectivity index (χ0v) is 12.6. The Morgan fingerprint density at radius 1 is 1.26 bits per heavy atom. The fourth-order valence-electron chi connectivity index (χ4n) is 2.48. The van der Waals surface area contributed by atoms with Crippen molar-refractivity contribution in [1.29, 1.82) is 0 Å². The Labute approximate surface area is 115 Å². The lowest BCUT2D eigenvalue weighted by Gasteiger charge is -2.17. The van der Waals surface area contributed by atoms with E-state index in [1.54, 1.807) is 16.4 Å². The average Bonchev–Trinajstić information content (AvgIpc) is 2.70. The van der Waals surface area contributed by atoms with Crippen molar-refractivity contribution < 1.29 is 8.42 Å². The molecule has 0 aliphatic carbocycles. The zero-order chi connectivity index (χ0) is 14.2. The Kier molecular flexibility index (Phi) is 3.99. The van der Waals surface area contributed by atoms with E-state index in [9.17, 15) is 8.42 Å². The van der Waals surface area contributed by atoms with E-state index in [0.29, 0.717) is 36.4 Å². The summed E-state index contributed by atoms with van der Waals surface area (Å²) in [5.74, 6) is 0.832. The molecular formula is C14H22N2O2S. The predicted molar refractivity (Wildman–Crippen MR) is 76.2 cm³/mol. The molecule has 1 aliphatic rings. The van der Waals surface area contributed by atoms with E-state index in [0.717, 1.165) is 11.1 Å². The minimum atomic E-state index is -3.36. The van der Waals surface area contributed by atoms with E-state index >= 15 is 0 Å². The number of hydrogen-bond donors (Lipinski definition) is 1. The summed E-state index contributed by atoms with van der Waals surface area (Å²) >= 11 is 0. The van der Waals surface area contributed by atoms with Crippen LogP contribution in [0.5, 0.6) is 0 Å². The molecule has 1 aromatic carbocycles. The highest BCUT2D eigenvalue weighted by atomic mass is 32.2. The normalized spacial score (nSPS) is 24.8. The molecular weight excluding hydrogens is 260 g/mol. The van der Waals surface area contributed by atoms with E-state index in [4.69, 9.17) is 5.73 Å². The lowest BCUT2D eigenvalue weighted by molar-refractivity contribution is 0.463. The van der Waals surface area contributed by atoms with Crippen LogP contribution in [0.25, 0.3) is 0 Å². The molecule has 1 heterocycles. The van der Waals surface area contributed by atoms with Crippen LogP contribution < -0.4 is 5.73 Å². The number of nitrogens with zero attached hydrogens (tertiary/aromatic N) is 1. The Bertz CT molecular complexity index is 559. The zero-order valence-electron chi connectivity index (χ0n) is 11.8. The molecule has 2 rings (SSSR count). The third-order valence-corrected chi connectivity index (χ3v) is 5.95. The summed E-state index contributed by atoms with van der Waals surface area (Å²) in [7, 11) is -3.36. The summed E-state index contributed by atoms with van der Waals surface area (Å²) in [6.07, 6.45) is 0. The molecule has 2 unspecified atom stereocenters. The first-order valence-electron chi connectivity index (χ1n) is 6.66. The maximum atomic E-state index is 12.6. The van der Waals surface area contributed by atoms with Crippen molar-refractivity contribution in [2.75, 3.05) is 13.1 Å². The number of sulfonamides is 1. The van der Waals surface area contributed by atoms with Crippen LogP contribution in [0.3, 0.4) is 0 Å². The fraction of sp³-hybridized carbons (Fsp3) is 0.571. The topological polar surface area (TPSA) is 63.4 Å². The molecule has 2 atom stereocenters. The average molecular weight is 282 g/mol. The predicted octanol–water partition coefficient (Wildman–Crippen LogP) is 1.73. The summed E-state index contributed by atoms with van der Waals surface area (Å²) in [6.45, 7) is 7.76. The minimum absolute atomic E-state index is 0.378. The van der Waals surface area contributed by atoms with Gasteiger partial charge in [-0.15, -0.1) is 0 Å². The van der Waals surface area contributed by atoms with E-state index in [-0.39, 0.29) is 0 Å². The van der Waals surface area contributed by atoms with Gasteiger partial charge in [-0.1, -0.05) is 19.9 Å². The van der Waals surface area contributed by atoms with Crippen LogP contribution in [-0.4, -0.2) is 25.8 Å². The summed E-state index contributed by atoms with van der Waals surface area (Å²) in [4.78, 5) is 0.378. The van der Waals surface area contributed by atoms with E-state index in [1.807, 2.05) is 13.0 Å². The van der Waals surface area contributed by atoms with E-state index in [1.165, 1.54) is 0 Å². The van der Waals surface area contributed by atoms with Crippen molar-refractivity contribution in [2.45, 2.75) is 32.2 Å². The molecule has 1 aliphatic heterocycles. The van der Waals surface area contributed by atoms with Gasteiger partial charge >= 0.3 is 0 Å². The van der Waals surface area contributed by atoms with Gasteiger partial charge in [0.05, 0.1) is 4.90 Å². The SMILES string of the molecule is Cc1cc(S(=O)(=O)N2CC(C)C(C)C2)ccc1CN. The second-order valence-corrected chi connectivity index (χ2v) is 7.51. The summed E-state index contributed by atoms with van der Waals surface area (Å²) in [6, 6.07) is 5.20. The Morgan fingerprint density at radius 3 is 2.32 bits per heavy atom. The maximum absolute atomic E-state index is 12.6. The van der Waals surface area contributed by atoms with Gasteiger partial charge in [-0.2, -0.15) is 4.31 Å². The summed E-state index contributed by atoms with van der Waals surface area (Å²) in [5, 5.41) is 0. The van der Waals surface area contributed by atoms with Crippen molar-refractivity contribution in [2.24, 2.45) is 17.6 Å². The molecule has 2 N–H and O–H groups in total. The quantitative estimate of drug-likeness (QED) is 0.918. The van der Waals surface area contributed by atoms with Crippen molar-refractivity contribution in [3.63, 3.8) is 0 Å². The number of aryl methyl sites for hydroxylation is 1. The van der Waals surface area contributed by atoms with Crippen molar-refractivity contribution in [3.8, 4) is 0 Å². The highest BCUT2D eigenvalue weighted by molar-refractivity contribution is 7.89. The standard InChI is InChI=1S/C14H22N2O2S/c1-10-6-14(5-4-13(10)7-15)19(17,18)16-8-11(2)12(3)9-16/h4-6,11-12H,7-9,15H2,1-3H3. The van der Waals surface area contributed by atoms with E-state index < -0.39 is 10.0 Å². The smallest absolute Gasteiger partial charge is 0.243 e. The van der Waals surface area contributed by atoms with Gasteiger partial charge in [0, 0.05) is 19.6 Å². The van der Waals surface area contributed by atoms with Crippen LogP contribution in [0.1, 0.15) is 25.0 Å². The first kappa shape index (κ1) is 14.5. The largest absolute Gasteiger partial charge is 0.326 e. The first-order chi connectivity index (χ1) is 8.86. The van der Waals surface area contributed by atoms with Crippen LogP contribution in [0.15, 0.2) is 23.1 Å². The van der Waals surface area contributed by atoms with Gasteiger partial charge in [0.15, 0.2) is 0 Å². The molecule has 19 heavy (non-hydrogen) atoms. The molecule has 0 bridgehead atoms. The Balaban J connectivity index is 2.33. The van der Waals surface area contributed by atoms with Gasteiger partial charge in [0.2, 0.25) is 10.0 Å². The lowest BCUT2D eigenvalue weighted by atomic mass is 10.0. The second kappa shape index (κ2) is 5.23. The van der Waals surface area contributed by atoms with Crippen LogP contribution in [0.4, 0.5) is 0 Å². The molecule has 1 fully saturated rings. The van der Waals surface area contributed by atoms with Crippen LogP contribution in [0, 0.1) is 18.8 Å². The van der Waals surface area contributed by atoms with Gasteiger partial charge in [0.25, 0.3) is 0 Å². The van der Waals surface area contributed by atoms with Gasteiger partial charge in [0.1, 0.15) is 0 Å². The number of benzene rings is 1. The fourth-order valence-corrected chi connectivity index (χ4v) is 4.21. The number of hydrogen-bond acceptors (Lipinski definition) is 3. The molecule has 0 spiro atoms. The van der Waals surface area contributed by atoms with Gasteiger partial charge in [-0.05, 0) is 42.0 Å². The Hall–Kier alpha value is -0.910. The second-order valence-electron chi connectivity index (χ2n) is 5.57. The summed E-state index contributed by atoms with van der Waals surface area (Å²) in [5.41, 5.74) is 7.53. The molecule has 1 aromatic rings. The van der Waals surface area contributed by atoms with Crippen molar-refractivity contribution in [3.05, 3.63) is 29.3 Å². The Morgan fingerprint density at radius 2 is 1.84 bits per heavy atom. The molecule has 1 saturated heterocycles. The van der Waals surface area contributed by atoms with Crippen molar-refractivity contribution in [1.82, 2.24) is 4.31 Å². The van der Waals surface area contributed by atoms with Gasteiger partial charge in [-0.3, -0.25) is 0 Å². The maximum Gasteiger partial charge on any atom is 0.243 e. The molecule has 0 saturated carbocycles. The monoisotopic (exact) mass is 282 g/mol. The summed E-state index contributed by atoms with van der Waals surface area (Å²) < 4.78 is 26.7. The van der Waals surface area contributed by atoms with Gasteiger partial charge in [-0.25, -0.2) is 8.42 Å². The molecule has 0 radical (unpaired) electrons. The van der Waals surface area contributed by atoms with Crippen LogP contribution in [-0.2, 0) is 16.6 Å².